The number of sulfonamides is 1. The van der Waals surface area contributed by atoms with Gasteiger partial charge in [0.05, 0.1) is 19.1 Å². The summed E-state index contributed by atoms with van der Waals surface area (Å²) in [5, 5.41) is 2.66. The number of ether oxygens (including phenoxy) is 1. The second-order valence-electron chi connectivity index (χ2n) is 9.38. The first-order valence-corrected chi connectivity index (χ1v) is 14.9. The predicted molar refractivity (Wildman–Crippen MR) is 152 cm³/mol. The van der Waals surface area contributed by atoms with Crippen molar-refractivity contribution in [1.29, 1.82) is 0 Å². The number of carbonyl (C=O) groups is 2. The minimum atomic E-state index is -4.00. The van der Waals surface area contributed by atoms with Gasteiger partial charge < -0.3 is 9.64 Å². The van der Waals surface area contributed by atoms with Gasteiger partial charge in [0, 0.05) is 31.6 Å². The van der Waals surface area contributed by atoms with Crippen molar-refractivity contribution in [2.24, 2.45) is 0 Å². The van der Waals surface area contributed by atoms with Gasteiger partial charge in [-0.05, 0) is 47.0 Å². The third kappa shape index (κ3) is 6.55. The molecule has 1 aliphatic rings. The molecule has 39 heavy (non-hydrogen) atoms. The lowest BCUT2D eigenvalue weighted by Crippen LogP contribution is -2.49. The number of rotatable bonds is 10. The Kier molecular flexibility index (Phi) is 9.16. The van der Waals surface area contributed by atoms with Gasteiger partial charge in [0.25, 0.3) is 5.91 Å². The molecule has 1 aliphatic heterocycles. The van der Waals surface area contributed by atoms with Crippen molar-refractivity contribution in [1.82, 2.24) is 14.3 Å². The van der Waals surface area contributed by atoms with Crippen molar-refractivity contribution >= 4 is 44.4 Å². The van der Waals surface area contributed by atoms with Crippen molar-refractivity contribution in [3.05, 3.63) is 72.3 Å². The summed E-state index contributed by atoms with van der Waals surface area (Å²) in [4.78, 5) is 32.3. The summed E-state index contributed by atoms with van der Waals surface area (Å²) in [5.41, 5.74) is 1.07. The molecule has 2 amide bonds. The third-order valence-corrected chi connectivity index (χ3v) is 10.0. The lowest BCUT2D eigenvalue weighted by molar-refractivity contribution is -0.170. The van der Waals surface area contributed by atoms with Crippen LogP contribution in [0, 0.1) is 0 Å². The Balaban J connectivity index is 1.58. The first-order valence-electron chi connectivity index (χ1n) is 12.4. The molecule has 1 fully saturated rings. The van der Waals surface area contributed by atoms with Gasteiger partial charge >= 0.3 is 0 Å². The Bertz CT molecular complexity index is 1430. The topological polar surface area (TPSA) is 96.5 Å². The molecular formula is C28H33N3O6S2. The summed E-state index contributed by atoms with van der Waals surface area (Å²) in [6.07, 6.45) is 0.338. The van der Waals surface area contributed by atoms with Gasteiger partial charge in [-0.1, -0.05) is 42.5 Å². The molecule has 0 spiro atoms. The van der Waals surface area contributed by atoms with Crippen LogP contribution in [0.5, 0.6) is 5.75 Å². The summed E-state index contributed by atoms with van der Waals surface area (Å²) < 4.78 is 34.4. The molecule has 3 aromatic rings. The Morgan fingerprint density at radius 2 is 1.69 bits per heavy atom. The maximum Gasteiger partial charge on any atom is 0.265 e. The molecule has 0 aliphatic carbocycles. The van der Waals surface area contributed by atoms with Crippen molar-refractivity contribution in [3.63, 3.8) is 0 Å². The molecule has 2 atom stereocenters. The number of thioether (sulfide) groups is 1. The molecule has 0 saturated carbocycles. The molecule has 0 aromatic heterocycles. The predicted octanol–water partition coefficient (Wildman–Crippen LogP) is 3.39. The number of hydrogen-bond acceptors (Lipinski definition) is 7. The molecule has 9 nitrogen and oxygen atoms in total. The zero-order valence-corrected chi connectivity index (χ0v) is 24.1. The van der Waals surface area contributed by atoms with E-state index in [2.05, 4.69) is 0 Å². The van der Waals surface area contributed by atoms with Crippen molar-refractivity contribution in [2.45, 2.75) is 28.4 Å². The van der Waals surface area contributed by atoms with E-state index < -0.39 is 27.9 Å². The number of benzene rings is 3. The fourth-order valence-corrected chi connectivity index (χ4v) is 7.49. The Hall–Kier alpha value is -3.12. The second kappa shape index (κ2) is 12.4. The smallest absolute Gasteiger partial charge is 0.265 e. The molecule has 0 radical (unpaired) electrons. The van der Waals surface area contributed by atoms with Crippen LogP contribution in [-0.4, -0.2) is 87.2 Å². The van der Waals surface area contributed by atoms with Gasteiger partial charge in [-0.2, -0.15) is 16.1 Å². The van der Waals surface area contributed by atoms with Crippen LogP contribution in [0.2, 0.25) is 0 Å². The van der Waals surface area contributed by atoms with E-state index >= 15 is 0 Å². The molecule has 0 N–H and O–H groups in total. The number of nitrogens with zero attached hydrogens (tertiary/aromatic N) is 3. The molecule has 208 valence electrons. The lowest BCUT2D eigenvalue weighted by atomic mass is 10.1. The van der Waals surface area contributed by atoms with Crippen LogP contribution in [0.4, 0.5) is 0 Å². The number of likely N-dealkylation sites (N-methyl/N-ethyl adjacent to an activating group) is 2. The third-order valence-electron chi connectivity index (χ3n) is 6.85. The number of hydroxylamine groups is 2. The van der Waals surface area contributed by atoms with E-state index in [1.807, 2.05) is 48.5 Å². The van der Waals surface area contributed by atoms with Crippen LogP contribution in [0.3, 0.4) is 0 Å². The average Bonchev–Trinajstić information content (AvgIpc) is 3.40. The highest BCUT2D eigenvalue weighted by Gasteiger charge is 2.45. The second-order valence-corrected chi connectivity index (χ2v) is 12.6. The van der Waals surface area contributed by atoms with Crippen LogP contribution in [0.25, 0.3) is 10.8 Å². The fraction of sp³-hybridized carbons (Fsp3) is 0.357. The maximum atomic E-state index is 13.9. The zero-order valence-electron chi connectivity index (χ0n) is 22.4. The van der Waals surface area contributed by atoms with Crippen LogP contribution >= 0.6 is 11.8 Å². The highest BCUT2D eigenvalue weighted by molar-refractivity contribution is 7.99. The van der Waals surface area contributed by atoms with Gasteiger partial charge in [-0.15, -0.1) is 0 Å². The summed E-state index contributed by atoms with van der Waals surface area (Å²) >= 11 is 1.61. The quantitative estimate of drug-likeness (QED) is 0.344. The molecular weight excluding hydrogens is 538 g/mol. The number of carbonyl (C=O) groups excluding carboxylic acids is 2. The fourth-order valence-electron chi connectivity index (χ4n) is 4.52. The van der Waals surface area contributed by atoms with E-state index in [1.165, 1.54) is 30.4 Å². The SMILES string of the molecule is COc1ccc(CS[C@@H]2C[C@@H](C(=O)N(C)CC(=O)N(C)OC)N(S(=O)(=O)c3ccc4ccccc4c3)C2)cc1. The number of methoxy groups -OCH3 is 1. The monoisotopic (exact) mass is 571 g/mol. The Labute approximate surface area is 233 Å². The van der Waals surface area contributed by atoms with E-state index in [1.54, 1.807) is 37.1 Å². The zero-order chi connectivity index (χ0) is 28.2. The minimum absolute atomic E-state index is 0.109. The van der Waals surface area contributed by atoms with Crippen LogP contribution in [-0.2, 0) is 30.2 Å². The van der Waals surface area contributed by atoms with Crippen molar-refractivity contribution < 1.29 is 27.6 Å². The average molecular weight is 572 g/mol. The van der Waals surface area contributed by atoms with Gasteiger partial charge in [0.2, 0.25) is 15.9 Å². The van der Waals surface area contributed by atoms with E-state index in [-0.39, 0.29) is 23.2 Å². The van der Waals surface area contributed by atoms with Crippen molar-refractivity contribution in [2.75, 3.05) is 41.4 Å². The van der Waals surface area contributed by atoms with Crippen LogP contribution in [0.15, 0.2) is 71.6 Å². The van der Waals surface area contributed by atoms with Crippen LogP contribution < -0.4 is 4.74 Å². The van der Waals surface area contributed by atoms with Gasteiger partial charge in [0.1, 0.15) is 18.3 Å². The van der Waals surface area contributed by atoms with Gasteiger partial charge in [-0.3, -0.25) is 14.4 Å². The number of fused-ring (bicyclic) bond motifs is 1. The largest absolute Gasteiger partial charge is 0.497 e. The summed E-state index contributed by atoms with van der Waals surface area (Å²) in [7, 11) is 1.94. The molecule has 1 saturated heterocycles. The molecule has 11 heteroatoms. The molecule has 0 unspecified atom stereocenters. The number of hydrogen-bond donors (Lipinski definition) is 0. The summed E-state index contributed by atoms with van der Waals surface area (Å²) in [6.45, 7) is -0.0423. The molecule has 1 heterocycles. The molecule has 0 bridgehead atoms. The van der Waals surface area contributed by atoms with E-state index in [0.717, 1.165) is 27.1 Å². The van der Waals surface area contributed by atoms with E-state index in [9.17, 15) is 18.0 Å². The lowest BCUT2D eigenvalue weighted by Gasteiger charge is -2.28. The van der Waals surface area contributed by atoms with Crippen molar-refractivity contribution in [3.8, 4) is 5.75 Å². The van der Waals surface area contributed by atoms with Gasteiger partial charge in [0.15, 0.2) is 0 Å². The first kappa shape index (κ1) is 28.9. The highest BCUT2D eigenvalue weighted by atomic mass is 32.2. The maximum absolute atomic E-state index is 13.9. The normalized spacial score (nSPS) is 17.7. The molecule has 3 aromatic carbocycles. The summed E-state index contributed by atoms with van der Waals surface area (Å²) in [6, 6.07) is 19.3. The van der Waals surface area contributed by atoms with E-state index in [0.29, 0.717) is 12.2 Å². The van der Waals surface area contributed by atoms with E-state index in [4.69, 9.17) is 9.57 Å². The summed E-state index contributed by atoms with van der Waals surface area (Å²) in [5.74, 6) is 0.581. The highest BCUT2D eigenvalue weighted by Crippen LogP contribution is 2.35. The van der Waals surface area contributed by atoms with Gasteiger partial charge in [-0.25, -0.2) is 13.5 Å². The Morgan fingerprint density at radius 3 is 2.36 bits per heavy atom. The first-order chi connectivity index (χ1) is 18.6. The standard InChI is InChI=1S/C28H33N3O6S2/c1-29(18-27(32)30(2)37-4)28(33)26-16-24(38-19-20-9-12-23(36-3)13-10-20)17-31(26)39(34,35)25-14-11-21-7-5-6-8-22(21)15-25/h5-15,24,26H,16-19H2,1-4H3/t24-,26+/m1/s1. The minimum Gasteiger partial charge on any atom is -0.497 e. The Morgan fingerprint density at radius 1 is 1.00 bits per heavy atom. The van der Waals surface area contributed by atoms with Crippen LogP contribution in [0.1, 0.15) is 12.0 Å². The number of amides is 2. The molecule has 4 rings (SSSR count).